The topological polar surface area (TPSA) is 100 Å². The number of hydrogen-bond acceptors (Lipinski definition) is 8. The highest BCUT2D eigenvalue weighted by atomic mass is 35.5. The van der Waals surface area contributed by atoms with Crippen molar-refractivity contribution in [3.05, 3.63) is 91.7 Å². The second-order valence-electron chi connectivity index (χ2n) is 9.09. The van der Waals surface area contributed by atoms with E-state index < -0.39 is 11.8 Å². The van der Waals surface area contributed by atoms with Crippen LogP contribution in [0.25, 0.3) is 11.1 Å². The molecule has 0 saturated carbocycles. The van der Waals surface area contributed by atoms with Crippen LogP contribution in [-0.4, -0.2) is 40.0 Å². The molecule has 2 aliphatic carbocycles. The van der Waals surface area contributed by atoms with Gasteiger partial charge in [-0.25, -0.2) is 0 Å². The number of benzene rings is 2. The van der Waals surface area contributed by atoms with Crippen LogP contribution in [0.1, 0.15) is 44.3 Å². The van der Waals surface area contributed by atoms with Crippen molar-refractivity contribution in [3.63, 3.8) is 0 Å². The maximum Gasteiger partial charge on any atom is 0.220 e. The molecular weight excluding hydrogens is 522 g/mol. The van der Waals surface area contributed by atoms with Gasteiger partial charge in [-0.3, -0.25) is 14.4 Å². The number of ether oxygens (including phenoxy) is 4. The first-order chi connectivity index (χ1) is 18.8. The molecule has 1 N–H and O–H groups in total. The SMILES string of the molecule is COc1cc2c(c(OC)c1OC)-c1ccc(OC)c(=O)cc1[C@H](NC1=C(Cl)C(=O)c3ccccc3C1=O)CC2. The van der Waals surface area contributed by atoms with Gasteiger partial charge in [0.1, 0.15) is 10.7 Å². The number of methoxy groups -OCH3 is 4. The van der Waals surface area contributed by atoms with Crippen LogP contribution in [0.2, 0.25) is 0 Å². The number of fused-ring (bicyclic) bond motifs is 4. The summed E-state index contributed by atoms with van der Waals surface area (Å²) < 4.78 is 22.3. The van der Waals surface area contributed by atoms with Crippen LogP contribution in [0.15, 0.2) is 64.1 Å². The summed E-state index contributed by atoms with van der Waals surface area (Å²) in [6.07, 6.45) is 0.984. The maximum atomic E-state index is 13.5. The van der Waals surface area contributed by atoms with Gasteiger partial charge in [-0.1, -0.05) is 41.9 Å². The van der Waals surface area contributed by atoms with E-state index in [1.165, 1.54) is 27.4 Å². The molecule has 0 aromatic heterocycles. The first-order valence-corrected chi connectivity index (χ1v) is 12.6. The smallest absolute Gasteiger partial charge is 0.220 e. The summed E-state index contributed by atoms with van der Waals surface area (Å²) >= 11 is 6.48. The molecular formula is C30H26ClNO7. The van der Waals surface area contributed by atoms with Gasteiger partial charge in [-0.15, -0.1) is 0 Å². The minimum absolute atomic E-state index is 0.00433. The van der Waals surface area contributed by atoms with Gasteiger partial charge in [-0.2, -0.15) is 0 Å². The summed E-state index contributed by atoms with van der Waals surface area (Å²) in [4.78, 5) is 39.6. The van der Waals surface area contributed by atoms with Crippen molar-refractivity contribution in [1.82, 2.24) is 5.32 Å². The van der Waals surface area contributed by atoms with E-state index in [9.17, 15) is 14.4 Å². The Morgan fingerprint density at radius 3 is 2.08 bits per heavy atom. The van der Waals surface area contributed by atoms with E-state index in [1.807, 2.05) is 6.07 Å². The lowest BCUT2D eigenvalue weighted by molar-refractivity contribution is 0.0972. The van der Waals surface area contributed by atoms with Crippen molar-refractivity contribution in [2.75, 3.05) is 28.4 Å². The fraction of sp³-hybridized carbons (Fsp3) is 0.233. The largest absolute Gasteiger partial charge is 0.493 e. The summed E-state index contributed by atoms with van der Waals surface area (Å²) in [5.41, 5.74) is 3.06. The van der Waals surface area contributed by atoms with Crippen LogP contribution in [0.3, 0.4) is 0 Å². The third-order valence-corrected chi connectivity index (χ3v) is 7.46. The average molecular weight is 548 g/mol. The van der Waals surface area contributed by atoms with Gasteiger partial charge in [0, 0.05) is 16.7 Å². The highest BCUT2D eigenvalue weighted by molar-refractivity contribution is 6.49. The highest BCUT2D eigenvalue weighted by Crippen LogP contribution is 2.50. The molecule has 3 aromatic rings. The Morgan fingerprint density at radius 1 is 0.769 bits per heavy atom. The van der Waals surface area contributed by atoms with Gasteiger partial charge >= 0.3 is 0 Å². The van der Waals surface area contributed by atoms with Gasteiger partial charge in [0.25, 0.3) is 0 Å². The van der Waals surface area contributed by atoms with Crippen molar-refractivity contribution >= 4 is 23.2 Å². The minimum Gasteiger partial charge on any atom is -0.493 e. The van der Waals surface area contributed by atoms with Gasteiger partial charge < -0.3 is 24.3 Å². The van der Waals surface area contributed by atoms with Gasteiger partial charge in [0.05, 0.1) is 34.5 Å². The molecule has 0 aliphatic heterocycles. The fourth-order valence-electron chi connectivity index (χ4n) is 5.27. The standard InChI is InChI=1S/C30H26ClNO7/c1-36-22-12-10-16-19(14-21(22)33)20(11-9-15-13-23(37-2)29(38-3)30(39-4)24(15)16)32-26-25(31)27(34)17-7-5-6-8-18(17)28(26)35/h5-8,10,12-14,20,32H,9,11H2,1-4H3/t20-/m1/s1. The molecule has 0 spiro atoms. The van der Waals surface area contributed by atoms with Crippen molar-refractivity contribution in [2.24, 2.45) is 0 Å². The lowest BCUT2D eigenvalue weighted by atomic mass is 9.91. The lowest BCUT2D eigenvalue weighted by Gasteiger charge is -2.25. The number of allylic oxidation sites excluding steroid dienone is 2. The first-order valence-electron chi connectivity index (χ1n) is 12.2. The van der Waals surface area contributed by atoms with E-state index in [-0.39, 0.29) is 38.8 Å². The zero-order valence-corrected chi connectivity index (χ0v) is 22.6. The van der Waals surface area contributed by atoms with Crippen LogP contribution in [0.5, 0.6) is 23.0 Å². The van der Waals surface area contributed by atoms with Crippen molar-refractivity contribution < 1.29 is 28.5 Å². The molecule has 0 heterocycles. The second kappa shape index (κ2) is 10.5. The second-order valence-corrected chi connectivity index (χ2v) is 9.47. The third-order valence-electron chi connectivity index (χ3n) is 7.10. The average Bonchev–Trinajstić information content (AvgIpc) is 3.20. The Hall–Kier alpha value is -4.30. The Bertz CT molecular complexity index is 1610. The number of ketones is 2. The maximum absolute atomic E-state index is 13.5. The van der Waals surface area contributed by atoms with Gasteiger partial charge in [-0.05, 0) is 47.7 Å². The molecule has 200 valence electrons. The molecule has 8 nitrogen and oxygen atoms in total. The van der Waals surface area contributed by atoms with Crippen LogP contribution in [0, 0.1) is 0 Å². The van der Waals surface area contributed by atoms with Crippen LogP contribution in [-0.2, 0) is 6.42 Å². The molecule has 0 fully saturated rings. The van der Waals surface area contributed by atoms with E-state index in [1.54, 1.807) is 43.5 Å². The monoisotopic (exact) mass is 547 g/mol. The summed E-state index contributed by atoms with van der Waals surface area (Å²) in [6.45, 7) is 0. The molecule has 0 bridgehead atoms. The summed E-state index contributed by atoms with van der Waals surface area (Å²) in [6, 6.07) is 12.7. The van der Waals surface area contributed by atoms with Crippen LogP contribution < -0.4 is 29.7 Å². The number of aryl methyl sites for hydroxylation is 1. The lowest BCUT2D eigenvalue weighted by Crippen LogP contribution is -2.32. The highest BCUT2D eigenvalue weighted by Gasteiger charge is 2.35. The summed E-state index contributed by atoms with van der Waals surface area (Å²) in [7, 11) is 6.03. The Morgan fingerprint density at radius 2 is 1.44 bits per heavy atom. The van der Waals surface area contributed by atoms with Gasteiger partial charge in [0.15, 0.2) is 17.2 Å². The van der Waals surface area contributed by atoms with E-state index in [0.717, 1.165) is 11.1 Å². The quantitative estimate of drug-likeness (QED) is 0.467. The van der Waals surface area contributed by atoms with Gasteiger partial charge in [0.2, 0.25) is 22.7 Å². The number of carbonyl (C=O) groups excluding carboxylic acids is 2. The molecule has 0 unspecified atom stereocenters. The van der Waals surface area contributed by atoms with Crippen molar-refractivity contribution in [2.45, 2.75) is 18.9 Å². The predicted octanol–water partition coefficient (Wildman–Crippen LogP) is 4.85. The van der Waals surface area contributed by atoms with Crippen LogP contribution >= 0.6 is 11.6 Å². The van der Waals surface area contributed by atoms with E-state index in [0.29, 0.717) is 41.2 Å². The molecule has 9 heteroatoms. The van der Waals surface area contributed by atoms with E-state index >= 15 is 0 Å². The molecule has 0 amide bonds. The molecule has 1 atom stereocenters. The Balaban J connectivity index is 1.73. The van der Waals surface area contributed by atoms with Crippen LogP contribution in [0.4, 0.5) is 0 Å². The molecule has 0 saturated heterocycles. The number of nitrogens with one attached hydrogen (secondary N) is 1. The summed E-state index contributed by atoms with van der Waals surface area (Å²) in [5.74, 6) is 0.678. The molecule has 39 heavy (non-hydrogen) atoms. The zero-order valence-electron chi connectivity index (χ0n) is 21.8. The third kappa shape index (κ3) is 4.30. The summed E-state index contributed by atoms with van der Waals surface area (Å²) in [5, 5.41) is 3.04. The zero-order chi connectivity index (χ0) is 27.8. The fourth-order valence-corrected chi connectivity index (χ4v) is 5.51. The van der Waals surface area contributed by atoms with Crippen molar-refractivity contribution in [3.8, 4) is 34.1 Å². The number of carbonyl (C=O) groups is 2. The predicted molar refractivity (Wildman–Crippen MR) is 147 cm³/mol. The number of halogens is 1. The number of Topliss-reactive ketones (excluding diaryl/α,β-unsaturated/α-hetero) is 2. The molecule has 0 radical (unpaired) electrons. The molecule has 3 aromatic carbocycles. The molecule has 2 aliphatic rings. The number of hydrogen-bond donors (Lipinski definition) is 1. The Kier molecular flexibility index (Phi) is 7.06. The Labute approximate surface area is 230 Å². The van der Waals surface area contributed by atoms with E-state index in [4.69, 9.17) is 30.5 Å². The minimum atomic E-state index is -0.565. The van der Waals surface area contributed by atoms with E-state index in [2.05, 4.69) is 5.32 Å². The van der Waals surface area contributed by atoms with Crippen molar-refractivity contribution in [1.29, 1.82) is 0 Å². The number of rotatable bonds is 6. The first kappa shape index (κ1) is 26.3. The molecule has 5 rings (SSSR count). The normalized spacial score (nSPS) is 16.0.